The molecule has 0 aliphatic rings. The molecular formula is C28H20N2O4. The number of rotatable bonds is 6. The van der Waals surface area contributed by atoms with Crippen LogP contribution in [-0.2, 0) is 9.47 Å². The first-order valence-corrected chi connectivity index (χ1v) is 10.2. The molecule has 6 nitrogen and oxygen atoms in total. The summed E-state index contributed by atoms with van der Waals surface area (Å²) < 4.78 is 9.38. The lowest BCUT2D eigenvalue weighted by Gasteiger charge is -2.05. The smallest absolute Gasteiger partial charge is 0.337 e. The molecule has 34 heavy (non-hydrogen) atoms. The number of ether oxygens (including phenoxy) is 2. The summed E-state index contributed by atoms with van der Waals surface area (Å²) in [6.45, 7) is 0. The Morgan fingerprint density at radius 3 is 1.15 bits per heavy atom. The molecule has 6 heteroatoms. The largest absolute Gasteiger partial charge is 0.465 e. The maximum Gasteiger partial charge on any atom is 0.337 e. The van der Waals surface area contributed by atoms with E-state index in [4.69, 9.17) is 9.47 Å². The highest BCUT2D eigenvalue weighted by Crippen LogP contribution is 2.23. The Kier molecular flexibility index (Phi) is 7.73. The summed E-state index contributed by atoms with van der Waals surface area (Å²) in [5.41, 5.74) is 4.67. The number of allylic oxidation sites excluding steroid dienone is 2. The molecule has 0 saturated heterocycles. The van der Waals surface area contributed by atoms with Gasteiger partial charge in [0.05, 0.1) is 48.6 Å². The zero-order valence-corrected chi connectivity index (χ0v) is 18.6. The molecule has 0 atom stereocenters. The zero-order chi connectivity index (χ0) is 24.5. The third-order valence-corrected chi connectivity index (χ3v) is 5.03. The predicted octanol–water partition coefficient (Wildman–Crippen LogP) is 5.39. The fourth-order valence-corrected chi connectivity index (χ4v) is 3.19. The lowest BCUT2D eigenvalue weighted by molar-refractivity contribution is 0.0592. The molecule has 0 fully saturated rings. The average molecular weight is 448 g/mol. The Morgan fingerprint density at radius 1 is 0.588 bits per heavy atom. The number of carbonyl (C=O) groups is 2. The van der Waals surface area contributed by atoms with Crippen molar-refractivity contribution in [2.45, 2.75) is 0 Å². The van der Waals surface area contributed by atoms with Gasteiger partial charge in [0, 0.05) is 0 Å². The second kappa shape index (κ2) is 11.1. The topological polar surface area (TPSA) is 100 Å². The number of esters is 2. The highest BCUT2D eigenvalue weighted by Gasteiger charge is 2.08. The van der Waals surface area contributed by atoms with Crippen LogP contribution in [0.1, 0.15) is 43.0 Å². The Bertz CT molecular complexity index is 1230. The van der Waals surface area contributed by atoms with Crippen LogP contribution in [0.25, 0.3) is 23.3 Å². The van der Waals surface area contributed by atoms with Gasteiger partial charge in [-0.25, -0.2) is 9.59 Å². The summed E-state index contributed by atoms with van der Waals surface area (Å²) in [5.74, 6) is -0.847. The van der Waals surface area contributed by atoms with Crippen LogP contribution >= 0.6 is 0 Å². The maximum atomic E-state index is 11.6. The van der Waals surface area contributed by atoms with Gasteiger partial charge in [0.2, 0.25) is 0 Å². The Hall–Kier alpha value is -4.94. The molecule has 0 N–H and O–H groups in total. The van der Waals surface area contributed by atoms with Gasteiger partial charge in [-0.05, 0) is 58.7 Å². The first kappa shape index (κ1) is 23.7. The lowest BCUT2D eigenvalue weighted by atomic mass is 9.98. The van der Waals surface area contributed by atoms with E-state index >= 15 is 0 Å². The molecule has 0 spiro atoms. The van der Waals surface area contributed by atoms with E-state index in [1.54, 1.807) is 84.9 Å². The molecule has 0 aliphatic heterocycles. The van der Waals surface area contributed by atoms with Crippen LogP contribution in [0.5, 0.6) is 0 Å². The van der Waals surface area contributed by atoms with Crippen molar-refractivity contribution >= 4 is 35.2 Å². The Morgan fingerprint density at radius 2 is 0.882 bits per heavy atom. The normalized spacial score (nSPS) is 11.2. The summed E-state index contributed by atoms with van der Waals surface area (Å²) in [5, 5.41) is 19.3. The molecule has 3 rings (SSSR count). The monoisotopic (exact) mass is 448 g/mol. The SMILES string of the molecule is COC(=O)c1ccc(/C=C(\C#N)c2ccc(/C(C#N)=C/c3ccc(C(=O)OC)cc3)cc2)cc1. The second-order valence-electron chi connectivity index (χ2n) is 7.14. The van der Waals surface area contributed by atoms with Gasteiger partial charge in [0.15, 0.2) is 0 Å². The number of hydrogen-bond donors (Lipinski definition) is 0. The van der Waals surface area contributed by atoms with Crippen molar-refractivity contribution in [1.82, 2.24) is 0 Å². The van der Waals surface area contributed by atoms with Crippen molar-refractivity contribution in [3.8, 4) is 12.1 Å². The first-order valence-electron chi connectivity index (χ1n) is 10.2. The summed E-state index contributed by atoms with van der Waals surface area (Å²) in [6, 6.07) is 25.0. The van der Waals surface area contributed by atoms with Crippen LogP contribution in [0, 0.1) is 22.7 Å². The van der Waals surface area contributed by atoms with E-state index in [-0.39, 0.29) is 0 Å². The number of nitriles is 2. The van der Waals surface area contributed by atoms with Crippen LogP contribution in [-0.4, -0.2) is 26.2 Å². The van der Waals surface area contributed by atoms with Crippen LogP contribution in [0.15, 0.2) is 72.8 Å². The molecule has 3 aromatic carbocycles. The zero-order valence-electron chi connectivity index (χ0n) is 18.6. The van der Waals surface area contributed by atoms with Gasteiger partial charge < -0.3 is 9.47 Å². The van der Waals surface area contributed by atoms with Gasteiger partial charge in [0.1, 0.15) is 0 Å². The number of benzene rings is 3. The van der Waals surface area contributed by atoms with Gasteiger partial charge in [-0.2, -0.15) is 10.5 Å². The van der Waals surface area contributed by atoms with Crippen molar-refractivity contribution in [3.63, 3.8) is 0 Å². The third-order valence-electron chi connectivity index (χ3n) is 5.03. The fourth-order valence-electron chi connectivity index (χ4n) is 3.19. The van der Waals surface area contributed by atoms with Crippen molar-refractivity contribution in [3.05, 3.63) is 106 Å². The number of carbonyl (C=O) groups excluding carboxylic acids is 2. The lowest BCUT2D eigenvalue weighted by Crippen LogP contribution is -2.00. The molecule has 3 aromatic rings. The van der Waals surface area contributed by atoms with Crippen molar-refractivity contribution in [2.75, 3.05) is 14.2 Å². The fraction of sp³-hybridized carbons (Fsp3) is 0.0714. The van der Waals surface area contributed by atoms with E-state index in [9.17, 15) is 20.1 Å². The van der Waals surface area contributed by atoms with Crippen LogP contribution in [0.3, 0.4) is 0 Å². The molecule has 0 aromatic heterocycles. The highest BCUT2D eigenvalue weighted by atomic mass is 16.5. The summed E-state index contributed by atoms with van der Waals surface area (Å²) >= 11 is 0. The average Bonchev–Trinajstić information content (AvgIpc) is 2.90. The standard InChI is InChI=1S/C28H20N2O4/c1-33-27(31)23-7-3-19(4-8-23)15-25(17-29)21-11-13-22(14-12-21)26(18-30)16-20-5-9-24(10-6-20)28(32)34-2/h3-16H,1-2H3/b25-15+,26-16+. The minimum atomic E-state index is -0.424. The second-order valence-corrected chi connectivity index (χ2v) is 7.14. The van der Waals surface area contributed by atoms with Gasteiger partial charge >= 0.3 is 11.9 Å². The van der Waals surface area contributed by atoms with Crippen molar-refractivity contribution in [1.29, 1.82) is 10.5 Å². The summed E-state index contributed by atoms with van der Waals surface area (Å²) in [7, 11) is 2.64. The highest BCUT2D eigenvalue weighted by molar-refractivity contribution is 5.94. The molecule has 0 bridgehead atoms. The van der Waals surface area contributed by atoms with Crippen LogP contribution < -0.4 is 0 Å². The van der Waals surface area contributed by atoms with Gasteiger partial charge in [-0.3, -0.25) is 0 Å². The van der Waals surface area contributed by atoms with Gasteiger partial charge in [-0.15, -0.1) is 0 Å². The Balaban J connectivity index is 1.83. The molecule has 166 valence electrons. The first-order chi connectivity index (χ1) is 16.5. The van der Waals surface area contributed by atoms with E-state index in [1.165, 1.54) is 14.2 Å². The Labute approximate surface area is 197 Å². The van der Waals surface area contributed by atoms with Gasteiger partial charge in [-0.1, -0.05) is 48.5 Å². The molecule has 0 heterocycles. The van der Waals surface area contributed by atoms with E-state index < -0.39 is 11.9 Å². The van der Waals surface area contributed by atoms with E-state index in [0.717, 1.165) is 11.1 Å². The van der Waals surface area contributed by atoms with E-state index in [0.29, 0.717) is 33.4 Å². The molecular weight excluding hydrogens is 428 g/mol. The van der Waals surface area contributed by atoms with E-state index in [2.05, 4.69) is 12.1 Å². The molecule has 0 unspecified atom stereocenters. The minimum absolute atomic E-state index is 0.424. The van der Waals surface area contributed by atoms with Crippen LogP contribution in [0.4, 0.5) is 0 Å². The molecule has 0 amide bonds. The van der Waals surface area contributed by atoms with Crippen LogP contribution in [0.2, 0.25) is 0 Å². The number of hydrogen-bond acceptors (Lipinski definition) is 6. The van der Waals surface area contributed by atoms with Crippen molar-refractivity contribution in [2.24, 2.45) is 0 Å². The summed E-state index contributed by atoms with van der Waals surface area (Å²) in [6.07, 6.45) is 3.44. The molecule has 0 aliphatic carbocycles. The maximum absolute atomic E-state index is 11.6. The predicted molar refractivity (Wildman–Crippen MR) is 129 cm³/mol. The number of nitrogens with zero attached hydrogens (tertiary/aromatic N) is 2. The third kappa shape index (κ3) is 5.64. The molecule has 0 radical (unpaired) electrons. The van der Waals surface area contributed by atoms with Crippen molar-refractivity contribution < 1.29 is 19.1 Å². The molecule has 0 saturated carbocycles. The number of methoxy groups -OCH3 is 2. The van der Waals surface area contributed by atoms with E-state index in [1.807, 2.05) is 0 Å². The summed E-state index contributed by atoms with van der Waals surface area (Å²) in [4.78, 5) is 23.1. The quantitative estimate of drug-likeness (QED) is 0.285. The minimum Gasteiger partial charge on any atom is -0.465 e. The van der Waals surface area contributed by atoms with Gasteiger partial charge in [0.25, 0.3) is 0 Å².